The fourth-order valence-corrected chi connectivity index (χ4v) is 4.44. The van der Waals surface area contributed by atoms with E-state index in [1.54, 1.807) is 30.0 Å². The lowest BCUT2D eigenvalue weighted by Crippen LogP contribution is -2.28. The van der Waals surface area contributed by atoms with E-state index in [0.717, 1.165) is 16.9 Å². The van der Waals surface area contributed by atoms with Crippen LogP contribution in [0.4, 0.5) is 16.3 Å². The number of nitrogens with one attached hydrogen (secondary N) is 2. The van der Waals surface area contributed by atoms with E-state index in [9.17, 15) is 9.18 Å². The molecule has 162 valence electrons. The normalized spacial score (nSPS) is 17.3. The van der Waals surface area contributed by atoms with Gasteiger partial charge in [0.05, 0.1) is 24.1 Å². The number of aromatic nitrogens is 3. The van der Waals surface area contributed by atoms with Gasteiger partial charge in [0.1, 0.15) is 11.6 Å². The van der Waals surface area contributed by atoms with Crippen molar-refractivity contribution < 1.29 is 13.9 Å². The third kappa shape index (κ3) is 3.94. The van der Waals surface area contributed by atoms with Gasteiger partial charge in [-0.3, -0.25) is 10.1 Å². The SMILES string of the molecule is COc1ccc([C@H]2C[C@@H](c3ccc(F)cc3)n3nc(NC(=O)c4cccs4)nc3N2)cc1. The first-order valence-electron chi connectivity index (χ1n) is 10.1. The molecule has 0 fully saturated rings. The van der Waals surface area contributed by atoms with Crippen molar-refractivity contribution in [2.24, 2.45) is 0 Å². The number of fused-ring (bicyclic) bond motifs is 1. The number of carbonyl (C=O) groups is 1. The van der Waals surface area contributed by atoms with E-state index < -0.39 is 0 Å². The Bertz CT molecular complexity index is 1220. The van der Waals surface area contributed by atoms with Gasteiger partial charge in [0.25, 0.3) is 11.9 Å². The number of rotatable bonds is 5. The van der Waals surface area contributed by atoms with Crippen molar-refractivity contribution in [3.8, 4) is 5.75 Å². The van der Waals surface area contributed by atoms with Gasteiger partial charge in [0.2, 0.25) is 5.95 Å². The number of ether oxygens (including phenoxy) is 1. The molecule has 0 aliphatic carbocycles. The van der Waals surface area contributed by atoms with E-state index in [1.807, 2.05) is 35.7 Å². The molecule has 0 bridgehead atoms. The molecule has 1 amide bonds. The Morgan fingerprint density at radius 2 is 1.91 bits per heavy atom. The van der Waals surface area contributed by atoms with Crippen molar-refractivity contribution in [3.63, 3.8) is 0 Å². The molecule has 7 nitrogen and oxygen atoms in total. The Hall–Kier alpha value is -3.72. The lowest BCUT2D eigenvalue weighted by Gasteiger charge is -2.31. The molecule has 2 N–H and O–H groups in total. The van der Waals surface area contributed by atoms with E-state index in [1.165, 1.54) is 23.5 Å². The summed E-state index contributed by atoms with van der Waals surface area (Å²) in [6, 6.07) is 17.6. The van der Waals surface area contributed by atoms with Crippen molar-refractivity contribution in [1.82, 2.24) is 14.8 Å². The minimum absolute atomic E-state index is 0.0477. The van der Waals surface area contributed by atoms with E-state index in [4.69, 9.17) is 4.74 Å². The van der Waals surface area contributed by atoms with Crippen LogP contribution in [0.2, 0.25) is 0 Å². The zero-order valence-corrected chi connectivity index (χ0v) is 18.0. The summed E-state index contributed by atoms with van der Waals surface area (Å²) in [6.07, 6.45) is 0.673. The lowest BCUT2D eigenvalue weighted by molar-refractivity contribution is 0.102. The third-order valence-corrected chi connectivity index (χ3v) is 6.30. The fraction of sp³-hybridized carbons (Fsp3) is 0.174. The zero-order valence-electron chi connectivity index (χ0n) is 17.2. The molecule has 0 unspecified atom stereocenters. The Balaban J connectivity index is 1.48. The van der Waals surface area contributed by atoms with Crippen LogP contribution in [0, 0.1) is 5.82 Å². The second kappa shape index (κ2) is 8.43. The van der Waals surface area contributed by atoms with Gasteiger partial charge in [-0.15, -0.1) is 16.4 Å². The number of halogens is 1. The highest BCUT2D eigenvalue weighted by Crippen LogP contribution is 2.38. The summed E-state index contributed by atoms with van der Waals surface area (Å²) < 4.78 is 20.6. The maximum absolute atomic E-state index is 13.5. The molecule has 0 spiro atoms. The summed E-state index contributed by atoms with van der Waals surface area (Å²) in [5.41, 5.74) is 1.98. The number of anilines is 2. The van der Waals surface area contributed by atoms with Gasteiger partial charge in [0, 0.05) is 0 Å². The number of nitrogens with zero attached hydrogens (tertiary/aromatic N) is 3. The summed E-state index contributed by atoms with van der Waals surface area (Å²) >= 11 is 1.35. The quantitative estimate of drug-likeness (QED) is 0.454. The fourth-order valence-electron chi connectivity index (χ4n) is 3.82. The average Bonchev–Trinajstić information content (AvgIpc) is 3.49. The molecule has 9 heteroatoms. The van der Waals surface area contributed by atoms with Crippen molar-refractivity contribution in [2.45, 2.75) is 18.5 Å². The van der Waals surface area contributed by atoms with E-state index in [-0.39, 0.29) is 29.8 Å². The number of benzene rings is 2. The van der Waals surface area contributed by atoms with Gasteiger partial charge in [-0.2, -0.15) is 4.98 Å². The van der Waals surface area contributed by atoms with Crippen LogP contribution in [0.3, 0.4) is 0 Å². The number of methoxy groups -OCH3 is 1. The molecule has 2 aromatic heterocycles. The maximum Gasteiger partial charge on any atom is 0.268 e. The Labute approximate surface area is 187 Å². The van der Waals surface area contributed by atoms with E-state index >= 15 is 0 Å². The van der Waals surface area contributed by atoms with Crippen LogP contribution < -0.4 is 15.4 Å². The second-order valence-corrected chi connectivity index (χ2v) is 8.36. The smallest absolute Gasteiger partial charge is 0.268 e. The summed E-state index contributed by atoms with van der Waals surface area (Å²) in [7, 11) is 1.63. The molecule has 0 radical (unpaired) electrons. The monoisotopic (exact) mass is 449 g/mol. The second-order valence-electron chi connectivity index (χ2n) is 7.41. The van der Waals surface area contributed by atoms with Crippen LogP contribution in [-0.2, 0) is 0 Å². The van der Waals surface area contributed by atoms with Gasteiger partial charge in [-0.05, 0) is 53.3 Å². The first kappa shape index (κ1) is 20.2. The number of hydrogen-bond acceptors (Lipinski definition) is 6. The Kier molecular flexibility index (Phi) is 5.32. The molecule has 1 aliphatic rings. The Morgan fingerprint density at radius 3 is 2.59 bits per heavy atom. The van der Waals surface area contributed by atoms with Gasteiger partial charge in [0.15, 0.2) is 0 Å². The summed E-state index contributed by atoms with van der Waals surface area (Å²) in [5, 5.41) is 12.6. The predicted molar refractivity (Wildman–Crippen MR) is 121 cm³/mol. The molecular formula is C23H20FN5O2S. The molecule has 2 aromatic carbocycles. The van der Waals surface area contributed by atoms with Crippen molar-refractivity contribution >= 4 is 29.1 Å². The van der Waals surface area contributed by atoms with Crippen LogP contribution in [0.1, 0.15) is 39.3 Å². The molecule has 0 saturated heterocycles. The molecule has 32 heavy (non-hydrogen) atoms. The number of hydrogen-bond donors (Lipinski definition) is 2. The van der Waals surface area contributed by atoms with E-state index in [2.05, 4.69) is 20.7 Å². The lowest BCUT2D eigenvalue weighted by atomic mass is 9.93. The van der Waals surface area contributed by atoms with Crippen LogP contribution in [0.5, 0.6) is 5.75 Å². The highest BCUT2D eigenvalue weighted by atomic mass is 32.1. The molecule has 2 atom stereocenters. The van der Waals surface area contributed by atoms with Gasteiger partial charge >= 0.3 is 0 Å². The zero-order chi connectivity index (χ0) is 22.1. The van der Waals surface area contributed by atoms with Crippen LogP contribution in [0.15, 0.2) is 66.0 Å². The van der Waals surface area contributed by atoms with E-state index in [0.29, 0.717) is 17.2 Å². The minimum atomic E-state index is -0.294. The van der Waals surface area contributed by atoms with Crippen LogP contribution >= 0.6 is 11.3 Å². The van der Waals surface area contributed by atoms with Gasteiger partial charge < -0.3 is 10.1 Å². The van der Waals surface area contributed by atoms with Crippen LogP contribution in [0.25, 0.3) is 0 Å². The number of carbonyl (C=O) groups excluding carboxylic acids is 1. The summed E-state index contributed by atoms with van der Waals surface area (Å²) in [5.74, 6) is 0.979. The third-order valence-electron chi connectivity index (χ3n) is 5.43. The van der Waals surface area contributed by atoms with Gasteiger partial charge in [-0.1, -0.05) is 30.3 Å². The van der Waals surface area contributed by atoms with Crippen molar-refractivity contribution in [1.29, 1.82) is 0 Å². The van der Waals surface area contributed by atoms with Crippen LogP contribution in [-0.4, -0.2) is 27.8 Å². The first-order valence-corrected chi connectivity index (χ1v) is 11.0. The average molecular weight is 450 g/mol. The molecular weight excluding hydrogens is 429 g/mol. The number of amides is 1. The molecule has 0 saturated carbocycles. The minimum Gasteiger partial charge on any atom is -0.497 e. The first-order chi connectivity index (χ1) is 15.6. The molecule has 3 heterocycles. The summed E-state index contributed by atoms with van der Waals surface area (Å²) in [4.78, 5) is 17.6. The molecule has 1 aliphatic heterocycles. The molecule has 5 rings (SSSR count). The van der Waals surface area contributed by atoms with Crippen molar-refractivity contribution in [3.05, 3.63) is 87.9 Å². The molecule has 4 aromatic rings. The highest BCUT2D eigenvalue weighted by molar-refractivity contribution is 7.12. The Morgan fingerprint density at radius 1 is 1.16 bits per heavy atom. The van der Waals surface area contributed by atoms with Crippen molar-refractivity contribution in [2.75, 3.05) is 17.7 Å². The topological polar surface area (TPSA) is 81.1 Å². The van der Waals surface area contributed by atoms with Gasteiger partial charge in [-0.25, -0.2) is 9.07 Å². The largest absolute Gasteiger partial charge is 0.497 e. The standard InChI is InChI=1S/C23H20FN5O2S/c1-31-17-10-6-14(7-11-17)18-13-19(15-4-8-16(24)9-5-15)29-23(25-18)27-22(28-29)26-21(30)20-3-2-12-32-20/h2-12,18-19H,13H2,1H3,(H2,25,26,27,28,30)/t18-,19+/m1/s1. The number of thiophene rings is 1. The maximum atomic E-state index is 13.5. The summed E-state index contributed by atoms with van der Waals surface area (Å²) in [6.45, 7) is 0. The highest BCUT2D eigenvalue weighted by Gasteiger charge is 2.31. The predicted octanol–water partition coefficient (Wildman–Crippen LogP) is 4.89.